The minimum Gasteiger partial charge on any atom is -0.497 e. The normalized spacial score (nSPS) is 13.1. The van der Waals surface area contributed by atoms with Gasteiger partial charge in [0.1, 0.15) is 5.75 Å². The summed E-state index contributed by atoms with van der Waals surface area (Å²) in [5.74, 6) is 0.814. The SMILES string of the molecule is COc1cccc(-c2nnn(CCCCN3C(=O)c4ccccc4C3=O)n2)c1. The Morgan fingerprint density at radius 2 is 1.64 bits per heavy atom. The van der Waals surface area contributed by atoms with Crippen molar-refractivity contribution in [2.45, 2.75) is 19.4 Å². The van der Waals surface area contributed by atoms with Crippen LogP contribution in [0.2, 0.25) is 0 Å². The molecule has 28 heavy (non-hydrogen) atoms. The van der Waals surface area contributed by atoms with Crippen LogP contribution < -0.4 is 4.74 Å². The summed E-state index contributed by atoms with van der Waals surface area (Å²) in [5.41, 5.74) is 1.79. The molecule has 2 amide bonds. The predicted molar refractivity (Wildman–Crippen MR) is 101 cm³/mol. The molecule has 1 aliphatic heterocycles. The average molecular weight is 377 g/mol. The molecule has 0 fully saturated rings. The van der Waals surface area contributed by atoms with E-state index in [9.17, 15) is 9.59 Å². The van der Waals surface area contributed by atoms with Crippen molar-refractivity contribution in [2.24, 2.45) is 0 Å². The van der Waals surface area contributed by atoms with Crippen LogP contribution in [-0.4, -0.2) is 50.6 Å². The molecule has 0 aliphatic carbocycles. The zero-order chi connectivity index (χ0) is 19.5. The summed E-state index contributed by atoms with van der Waals surface area (Å²) in [6.07, 6.45) is 1.39. The second kappa shape index (κ2) is 7.59. The second-order valence-electron chi connectivity index (χ2n) is 6.46. The Kier molecular flexibility index (Phi) is 4.84. The second-order valence-corrected chi connectivity index (χ2v) is 6.46. The third-order valence-electron chi connectivity index (χ3n) is 4.65. The lowest BCUT2D eigenvalue weighted by molar-refractivity contribution is 0.0651. The fourth-order valence-corrected chi connectivity index (χ4v) is 3.18. The number of amides is 2. The van der Waals surface area contributed by atoms with E-state index in [2.05, 4.69) is 15.4 Å². The molecule has 8 heteroatoms. The van der Waals surface area contributed by atoms with E-state index in [1.54, 1.807) is 31.4 Å². The number of carbonyl (C=O) groups excluding carboxylic acids is 2. The van der Waals surface area contributed by atoms with Crippen molar-refractivity contribution in [3.05, 3.63) is 59.7 Å². The number of benzene rings is 2. The van der Waals surface area contributed by atoms with E-state index in [0.717, 1.165) is 17.7 Å². The highest BCUT2D eigenvalue weighted by molar-refractivity contribution is 6.21. The van der Waals surface area contributed by atoms with Gasteiger partial charge in [-0.2, -0.15) is 4.80 Å². The quantitative estimate of drug-likeness (QED) is 0.464. The first kappa shape index (κ1) is 17.8. The number of rotatable bonds is 7. The van der Waals surface area contributed by atoms with Gasteiger partial charge in [0, 0.05) is 12.1 Å². The summed E-state index contributed by atoms with van der Waals surface area (Å²) in [6, 6.07) is 14.4. The lowest BCUT2D eigenvalue weighted by atomic mass is 10.1. The number of tetrazole rings is 1. The van der Waals surface area contributed by atoms with Crippen molar-refractivity contribution in [2.75, 3.05) is 13.7 Å². The van der Waals surface area contributed by atoms with Gasteiger partial charge in [-0.25, -0.2) is 0 Å². The van der Waals surface area contributed by atoms with Crippen LogP contribution in [-0.2, 0) is 6.54 Å². The van der Waals surface area contributed by atoms with Crippen LogP contribution in [0.25, 0.3) is 11.4 Å². The molecule has 1 aromatic heterocycles. The van der Waals surface area contributed by atoms with Crippen LogP contribution in [0.3, 0.4) is 0 Å². The maximum absolute atomic E-state index is 12.3. The van der Waals surface area contributed by atoms with Crippen molar-refractivity contribution in [3.8, 4) is 17.1 Å². The van der Waals surface area contributed by atoms with Gasteiger partial charge in [-0.3, -0.25) is 14.5 Å². The number of unbranched alkanes of at least 4 members (excludes halogenated alkanes) is 1. The number of hydrogen-bond donors (Lipinski definition) is 0. The molecule has 1 aliphatic rings. The first-order valence-corrected chi connectivity index (χ1v) is 9.05. The molecule has 4 rings (SSSR count). The Balaban J connectivity index is 1.31. The van der Waals surface area contributed by atoms with Gasteiger partial charge in [-0.05, 0) is 42.3 Å². The fourth-order valence-electron chi connectivity index (χ4n) is 3.18. The summed E-state index contributed by atoms with van der Waals surface area (Å²) in [7, 11) is 1.61. The Bertz CT molecular complexity index is 995. The Labute approximate surface area is 161 Å². The van der Waals surface area contributed by atoms with Gasteiger partial charge in [-0.15, -0.1) is 10.2 Å². The molecule has 0 saturated heterocycles. The van der Waals surface area contributed by atoms with Gasteiger partial charge >= 0.3 is 0 Å². The maximum Gasteiger partial charge on any atom is 0.261 e. The number of carbonyl (C=O) groups is 2. The molecule has 0 atom stereocenters. The minimum atomic E-state index is -0.222. The molecule has 0 bridgehead atoms. The number of fused-ring (bicyclic) bond motifs is 1. The van der Waals surface area contributed by atoms with Crippen molar-refractivity contribution in [3.63, 3.8) is 0 Å². The highest BCUT2D eigenvalue weighted by atomic mass is 16.5. The third-order valence-corrected chi connectivity index (χ3v) is 4.65. The number of nitrogens with zero attached hydrogens (tertiary/aromatic N) is 5. The summed E-state index contributed by atoms with van der Waals surface area (Å²) < 4.78 is 5.21. The van der Waals surface area contributed by atoms with Crippen molar-refractivity contribution >= 4 is 11.8 Å². The fraction of sp³-hybridized carbons (Fsp3) is 0.250. The number of aryl methyl sites for hydroxylation is 1. The van der Waals surface area contributed by atoms with Crippen LogP contribution in [0, 0.1) is 0 Å². The summed E-state index contributed by atoms with van der Waals surface area (Å²) in [4.78, 5) is 27.5. The molecule has 0 unspecified atom stereocenters. The number of methoxy groups -OCH3 is 1. The average Bonchev–Trinajstić information content (AvgIpc) is 3.30. The monoisotopic (exact) mass is 377 g/mol. The molecule has 2 heterocycles. The highest BCUT2D eigenvalue weighted by Gasteiger charge is 2.34. The van der Waals surface area contributed by atoms with Crippen molar-refractivity contribution in [1.82, 2.24) is 25.1 Å². The lowest BCUT2D eigenvalue weighted by Crippen LogP contribution is -2.30. The largest absolute Gasteiger partial charge is 0.497 e. The van der Waals surface area contributed by atoms with Gasteiger partial charge in [0.05, 0.1) is 24.8 Å². The van der Waals surface area contributed by atoms with E-state index in [-0.39, 0.29) is 11.8 Å². The van der Waals surface area contributed by atoms with Crippen LogP contribution in [0.5, 0.6) is 5.75 Å². The minimum absolute atomic E-state index is 0.222. The summed E-state index contributed by atoms with van der Waals surface area (Å²) >= 11 is 0. The molecule has 8 nitrogen and oxygen atoms in total. The van der Waals surface area contributed by atoms with E-state index in [0.29, 0.717) is 36.5 Å². The molecule has 3 aromatic rings. The molecule has 2 aromatic carbocycles. The highest BCUT2D eigenvalue weighted by Crippen LogP contribution is 2.23. The van der Waals surface area contributed by atoms with E-state index >= 15 is 0 Å². The molecule has 0 N–H and O–H groups in total. The number of imide groups is 1. The summed E-state index contributed by atoms with van der Waals surface area (Å²) in [5, 5.41) is 12.5. The molecule has 142 valence electrons. The predicted octanol–water partition coefficient (Wildman–Crippen LogP) is 2.43. The molecule has 0 spiro atoms. The number of ether oxygens (including phenoxy) is 1. The molecular formula is C20H19N5O3. The topological polar surface area (TPSA) is 90.2 Å². The van der Waals surface area contributed by atoms with Gasteiger partial charge < -0.3 is 4.74 Å². The van der Waals surface area contributed by atoms with E-state index in [1.165, 1.54) is 9.70 Å². The molecule has 0 saturated carbocycles. The first-order valence-electron chi connectivity index (χ1n) is 9.05. The van der Waals surface area contributed by atoms with Crippen molar-refractivity contribution < 1.29 is 14.3 Å². The first-order chi connectivity index (χ1) is 13.7. The number of aromatic nitrogens is 4. The van der Waals surface area contributed by atoms with E-state index in [4.69, 9.17) is 4.74 Å². The van der Waals surface area contributed by atoms with Crippen LogP contribution >= 0.6 is 0 Å². The van der Waals surface area contributed by atoms with E-state index in [1.807, 2.05) is 24.3 Å². The maximum atomic E-state index is 12.3. The van der Waals surface area contributed by atoms with E-state index < -0.39 is 0 Å². The zero-order valence-electron chi connectivity index (χ0n) is 15.4. The summed E-state index contributed by atoms with van der Waals surface area (Å²) in [6.45, 7) is 0.934. The van der Waals surface area contributed by atoms with Gasteiger partial charge in [-0.1, -0.05) is 24.3 Å². The van der Waals surface area contributed by atoms with Crippen molar-refractivity contribution in [1.29, 1.82) is 0 Å². The Hall–Kier alpha value is -3.55. The smallest absolute Gasteiger partial charge is 0.261 e. The molecular weight excluding hydrogens is 358 g/mol. The molecule has 0 radical (unpaired) electrons. The van der Waals surface area contributed by atoms with Gasteiger partial charge in [0.25, 0.3) is 11.8 Å². The third kappa shape index (κ3) is 3.36. The lowest BCUT2D eigenvalue weighted by Gasteiger charge is -2.13. The van der Waals surface area contributed by atoms with Crippen LogP contribution in [0.1, 0.15) is 33.6 Å². The Morgan fingerprint density at radius 3 is 2.36 bits per heavy atom. The standard InChI is InChI=1S/C20H19N5O3/c1-28-15-8-6-7-14(13-15)18-21-23-25(22-18)12-5-4-11-24-19(26)16-9-2-3-10-17(16)20(24)27/h2-3,6-10,13H,4-5,11-12H2,1H3. The Morgan fingerprint density at radius 1 is 0.929 bits per heavy atom. The van der Waals surface area contributed by atoms with Crippen LogP contribution in [0.4, 0.5) is 0 Å². The number of hydrogen-bond acceptors (Lipinski definition) is 6. The van der Waals surface area contributed by atoms with Gasteiger partial charge in [0.2, 0.25) is 5.82 Å². The van der Waals surface area contributed by atoms with Gasteiger partial charge in [0.15, 0.2) is 0 Å². The zero-order valence-corrected chi connectivity index (χ0v) is 15.4. The van der Waals surface area contributed by atoms with Crippen LogP contribution in [0.15, 0.2) is 48.5 Å².